The highest BCUT2D eigenvalue weighted by molar-refractivity contribution is 5.99. The predicted octanol–water partition coefficient (Wildman–Crippen LogP) is 2.44. The minimum atomic E-state index is -1.26. The van der Waals surface area contributed by atoms with Gasteiger partial charge in [-0.25, -0.2) is 9.59 Å². The van der Waals surface area contributed by atoms with E-state index in [2.05, 4.69) is 10.6 Å². The summed E-state index contributed by atoms with van der Waals surface area (Å²) in [6.07, 6.45) is -1.26. The molecule has 0 aromatic heterocycles. The summed E-state index contributed by atoms with van der Waals surface area (Å²) < 4.78 is 10.7. The molecule has 2 N–H and O–H groups in total. The first-order valence-corrected chi connectivity index (χ1v) is 8.06. The maximum Gasteiger partial charge on any atom is 0.339 e. The molecule has 26 heavy (non-hydrogen) atoms. The van der Waals surface area contributed by atoms with Crippen molar-refractivity contribution in [3.05, 3.63) is 65.7 Å². The van der Waals surface area contributed by atoms with Gasteiger partial charge >= 0.3 is 12.0 Å². The number of rotatable bonds is 6. The summed E-state index contributed by atoms with van der Waals surface area (Å²) in [5.74, 6) is -0.801. The van der Waals surface area contributed by atoms with Gasteiger partial charge in [-0.15, -0.1) is 0 Å². The highest BCUT2D eigenvalue weighted by Crippen LogP contribution is 2.20. The van der Waals surface area contributed by atoms with Crippen molar-refractivity contribution in [2.75, 3.05) is 13.7 Å². The number of hydrogen-bond donors (Lipinski definition) is 2. The molecule has 0 aliphatic heterocycles. The Bertz CT molecular complexity index is 759. The van der Waals surface area contributed by atoms with Crippen LogP contribution in [0.2, 0.25) is 0 Å². The molecule has 0 unspecified atom stereocenters. The van der Waals surface area contributed by atoms with E-state index in [0.717, 1.165) is 0 Å². The van der Waals surface area contributed by atoms with Crippen LogP contribution < -0.4 is 15.4 Å². The van der Waals surface area contributed by atoms with E-state index in [9.17, 15) is 14.4 Å². The van der Waals surface area contributed by atoms with E-state index in [1.807, 2.05) is 6.92 Å². The van der Waals surface area contributed by atoms with E-state index in [4.69, 9.17) is 9.47 Å². The summed E-state index contributed by atoms with van der Waals surface area (Å²) >= 11 is 0. The van der Waals surface area contributed by atoms with Crippen molar-refractivity contribution in [2.45, 2.75) is 13.0 Å². The molecule has 1 atom stereocenters. The number of amides is 3. The van der Waals surface area contributed by atoms with Crippen LogP contribution in [-0.4, -0.2) is 31.6 Å². The van der Waals surface area contributed by atoms with Crippen LogP contribution in [0.4, 0.5) is 4.79 Å². The van der Waals surface area contributed by atoms with Gasteiger partial charge in [0.15, 0.2) is 0 Å². The topological polar surface area (TPSA) is 93.7 Å². The van der Waals surface area contributed by atoms with Crippen molar-refractivity contribution < 1.29 is 23.9 Å². The molecule has 0 saturated carbocycles. The predicted molar refractivity (Wildman–Crippen MR) is 94.8 cm³/mol. The van der Waals surface area contributed by atoms with Crippen LogP contribution in [0.5, 0.6) is 5.75 Å². The highest BCUT2D eigenvalue weighted by atomic mass is 16.5. The molecule has 0 radical (unpaired) electrons. The molecule has 2 aromatic carbocycles. The summed E-state index contributed by atoms with van der Waals surface area (Å²) in [6, 6.07) is 14.2. The van der Waals surface area contributed by atoms with Gasteiger partial charge in [0.25, 0.3) is 5.91 Å². The number of urea groups is 1. The zero-order valence-corrected chi connectivity index (χ0v) is 14.5. The Morgan fingerprint density at radius 3 is 2.23 bits per heavy atom. The number of imide groups is 1. The van der Waals surface area contributed by atoms with Crippen molar-refractivity contribution in [1.29, 1.82) is 0 Å². The van der Waals surface area contributed by atoms with Crippen LogP contribution in [0.3, 0.4) is 0 Å². The zero-order chi connectivity index (χ0) is 18.9. The van der Waals surface area contributed by atoms with E-state index >= 15 is 0 Å². The number of esters is 1. The smallest absolute Gasteiger partial charge is 0.339 e. The first kappa shape index (κ1) is 19.0. The van der Waals surface area contributed by atoms with E-state index in [-0.39, 0.29) is 5.56 Å². The van der Waals surface area contributed by atoms with E-state index in [1.165, 1.54) is 7.05 Å². The van der Waals surface area contributed by atoms with Gasteiger partial charge in [0.1, 0.15) is 5.75 Å². The Kier molecular flexibility index (Phi) is 6.73. The molecule has 7 heteroatoms. The lowest BCUT2D eigenvalue weighted by Crippen LogP contribution is -2.41. The second-order valence-corrected chi connectivity index (χ2v) is 5.22. The van der Waals surface area contributed by atoms with Gasteiger partial charge in [0.2, 0.25) is 6.10 Å². The molecule has 0 heterocycles. The average molecular weight is 356 g/mol. The molecule has 0 aliphatic carbocycles. The van der Waals surface area contributed by atoms with Gasteiger partial charge in [0, 0.05) is 12.6 Å². The van der Waals surface area contributed by atoms with Crippen LogP contribution in [0.15, 0.2) is 54.6 Å². The molecular formula is C19H20N2O5. The average Bonchev–Trinajstić information content (AvgIpc) is 2.67. The maximum absolute atomic E-state index is 12.4. The standard InChI is InChI=1S/C19H20N2O5/c1-3-25-15-11-9-14(10-12-15)18(23)26-16(13-7-5-4-6-8-13)17(22)21-19(24)20-2/h4-12,16H,3H2,1-2H3,(H2,20,21,22,24)/t16-/m1/s1. The SMILES string of the molecule is CCOc1ccc(C(=O)O[C@@H](C(=O)NC(=O)NC)c2ccccc2)cc1. The lowest BCUT2D eigenvalue weighted by molar-refractivity contribution is -0.129. The molecule has 0 spiro atoms. The van der Waals surface area contributed by atoms with E-state index < -0.39 is 24.0 Å². The quantitative estimate of drug-likeness (QED) is 0.776. The van der Waals surface area contributed by atoms with Crippen LogP contribution in [-0.2, 0) is 9.53 Å². The van der Waals surface area contributed by atoms with E-state index in [0.29, 0.717) is 17.9 Å². The first-order valence-electron chi connectivity index (χ1n) is 8.06. The Hall–Kier alpha value is -3.35. The number of nitrogens with one attached hydrogen (secondary N) is 2. The number of carbonyl (C=O) groups is 3. The van der Waals surface area contributed by atoms with Crippen LogP contribution >= 0.6 is 0 Å². The first-order chi connectivity index (χ1) is 12.5. The molecule has 0 fully saturated rings. The number of carbonyl (C=O) groups excluding carboxylic acids is 3. The number of ether oxygens (including phenoxy) is 2. The Morgan fingerprint density at radius 2 is 1.65 bits per heavy atom. The summed E-state index contributed by atoms with van der Waals surface area (Å²) in [5, 5.41) is 4.40. The van der Waals surface area contributed by atoms with Gasteiger partial charge in [0.05, 0.1) is 12.2 Å². The van der Waals surface area contributed by atoms with Gasteiger partial charge in [-0.1, -0.05) is 30.3 Å². The molecule has 0 saturated heterocycles. The second kappa shape index (κ2) is 9.22. The fraction of sp³-hybridized carbons (Fsp3) is 0.211. The molecule has 0 aliphatic rings. The van der Waals surface area contributed by atoms with Gasteiger partial charge < -0.3 is 14.8 Å². The number of benzene rings is 2. The Labute approximate surface area is 151 Å². The fourth-order valence-electron chi connectivity index (χ4n) is 2.17. The largest absolute Gasteiger partial charge is 0.494 e. The number of hydrogen-bond acceptors (Lipinski definition) is 5. The van der Waals surface area contributed by atoms with Crippen molar-refractivity contribution in [3.8, 4) is 5.75 Å². The van der Waals surface area contributed by atoms with Crippen molar-refractivity contribution in [2.24, 2.45) is 0 Å². The summed E-state index contributed by atoms with van der Waals surface area (Å²) in [7, 11) is 1.38. The zero-order valence-electron chi connectivity index (χ0n) is 14.5. The monoisotopic (exact) mass is 356 g/mol. The van der Waals surface area contributed by atoms with Gasteiger partial charge in [-0.3, -0.25) is 10.1 Å². The van der Waals surface area contributed by atoms with Crippen molar-refractivity contribution in [3.63, 3.8) is 0 Å². The van der Waals surface area contributed by atoms with Gasteiger partial charge in [-0.2, -0.15) is 0 Å². The maximum atomic E-state index is 12.4. The third kappa shape index (κ3) is 5.07. The van der Waals surface area contributed by atoms with Gasteiger partial charge in [-0.05, 0) is 31.2 Å². The molecule has 2 rings (SSSR count). The third-order valence-corrected chi connectivity index (χ3v) is 3.43. The minimum Gasteiger partial charge on any atom is -0.494 e. The Balaban J connectivity index is 2.18. The lowest BCUT2D eigenvalue weighted by atomic mass is 10.1. The normalized spacial score (nSPS) is 11.2. The molecule has 7 nitrogen and oxygen atoms in total. The fourth-order valence-corrected chi connectivity index (χ4v) is 2.17. The molecule has 2 aromatic rings. The van der Waals surface area contributed by atoms with Crippen LogP contribution in [0, 0.1) is 0 Å². The Morgan fingerprint density at radius 1 is 1.00 bits per heavy atom. The second-order valence-electron chi connectivity index (χ2n) is 5.22. The highest BCUT2D eigenvalue weighted by Gasteiger charge is 2.26. The van der Waals surface area contributed by atoms with Crippen LogP contribution in [0.25, 0.3) is 0 Å². The molecule has 136 valence electrons. The lowest BCUT2D eigenvalue weighted by Gasteiger charge is -2.17. The summed E-state index contributed by atoms with van der Waals surface area (Å²) in [4.78, 5) is 36.2. The van der Waals surface area contributed by atoms with E-state index in [1.54, 1.807) is 54.6 Å². The van der Waals surface area contributed by atoms with Crippen molar-refractivity contribution >= 4 is 17.9 Å². The third-order valence-electron chi connectivity index (χ3n) is 3.43. The summed E-state index contributed by atoms with van der Waals surface area (Å²) in [5.41, 5.74) is 0.718. The molecular weight excluding hydrogens is 336 g/mol. The molecule has 0 bridgehead atoms. The van der Waals surface area contributed by atoms with Crippen molar-refractivity contribution in [1.82, 2.24) is 10.6 Å². The minimum absolute atomic E-state index is 0.266. The van der Waals surface area contributed by atoms with Crippen LogP contribution in [0.1, 0.15) is 28.9 Å². The molecule has 3 amide bonds. The summed E-state index contributed by atoms with van der Waals surface area (Å²) in [6.45, 7) is 2.37.